The van der Waals surface area contributed by atoms with E-state index in [1.807, 2.05) is 11.8 Å². The van der Waals surface area contributed by atoms with Crippen LogP contribution in [0.5, 0.6) is 0 Å². The van der Waals surface area contributed by atoms with Gasteiger partial charge in [-0.15, -0.1) is 0 Å². The lowest BCUT2D eigenvalue weighted by Crippen LogP contribution is -2.44. The maximum Gasteiger partial charge on any atom is 0.222 e. The molecule has 1 aliphatic carbocycles. The predicted octanol–water partition coefficient (Wildman–Crippen LogP) is 1.02. The van der Waals surface area contributed by atoms with Crippen LogP contribution < -0.4 is 11.1 Å². The summed E-state index contributed by atoms with van der Waals surface area (Å²) in [5.41, 5.74) is 6.08. The van der Waals surface area contributed by atoms with E-state index in [1.54, 1.807) is 0 Å². The van der Waals surface area contributed by atoms with Gasteiger partial charge in [-0.05, 0) is 32.1 Å². The van der Waals surface area contributed by atoms with Gasteiger partial charge < -0.3 is 16.0 Å². The number of nitrogens with zero attached hydrogens (tertiary/aromatic N) is 1. The molecule has 3 atom stereocenters. The summed E-state index contributed by atoms with van der Waals surface area (Å²) in [4.78, 5) is 25.4. The van der Waals surface area contributed by atoms with Crippen molar-refractivity contribution in [3.05, 3.63) is 0 Å². The van der Waals surface area contributed by atoms with Crippen molar-refractivity contribution in [1.82, 2.24) is 10.2 Å². The Hall–Kier alpha value is -1.10. The lowest BCUT2D eigenvalue weighted by molar-refractivity contribution is -0.129. The van der Waals surface area contributed by atoms with Crippen LogP contribution >= 0.6 is 0 Å². The fourth-order valence-electron chi connectivity index (χ4n) is 3.33. The zero-order chi connectivity index (χ0) is 14.5. The molecule has 3 unspecified atom stereocenters. The summed E-state index contributed by atoms with van der Waals surface area (Å²) in [6, 6.07) is 0.189. The molecule has 1 saturated heterocycles. The first-order valence-corrected chi connectivity index (χ1v) is 7.89. The number of nitrogens with one attached hydrogen (secondary N) is 1. The van der Waals surface area contributed by atoms with Crippen LogP contribution in [0, 0.1) is 5.92 Å². The van der Waals surface area contributed by atoms with Crippen LogP contribution in [0.15, 0.2) is 0 Å². The molecule has 114 valence electrons. The fraction of sp³-hybridized carbons (Fsp3) is 0.867. The second-order valence-electron chi connectivity index (χ2n) is 6.32. The van der Waals surface area contributed by atoms with Crippen LogP contribution in [0.3, 0.4) is 0 Å². The van der Waals surface area contributed by atoms with Gasteiger partial charge in [-0.25, -0.2) is 0 Å². The summed E-state index contributed by atoms with van der Waals surface area (Å²) in [6.07, 6.45) is 6.59. The van der Waals surface area contributed by atoms with Gasteiger partial charge in [-0.3, -0.25) is 9.59 Å². The Balaban J connectivity index is 1.71. The van der Waals surface area contributed by atoms with E-state index in [4.69, 9.17) is 5.73 Å². The summed E-state index contributed by atoms with van der Waals surface area (Å²) in [7, 11) is 0. The van der Waals surface area contributed by atoms with Crippen molar-refractivity contribution in [1.29, 1.82) is 0 Å². The van der Waals surface area contributed by atoms with Crippen molar-refractivity contribution in [3.8, 4) is 0 Å². The number of likely N-dealkylation sites (tertiary alicyclic amines) is 1. The van der Waals surface area contributed by atoms with Gasteiger partial charge in [0.05, 0.1) is 0 Å². The maximum absolute atomic E-state index is 12.1. The maximum atomic E-state index is 12.1. The quantitative estimate of drug-likeness (QED) is 0.790. The summed E-state index contributed by atoms with van der Waals surface area (Å²) >= 11 is 0. The molecule has 1 saturated carbocycles. The van der Waals surface area contributed by atoms with Gasteiger partial charge in [-0.1, -0.05) is 12.8 Å². The largest absolute Gasteiger partial charge is 0.352 e. The number of carbonyl (C=O) groups excluding carboxylic acids is 2. The molecule has 3 N–H and O–H groups in total. The molecule has 2 rings (SSSR count). The third-order valence-corrected chi connectivity index (χ3v) is 4.49. The Kier molecular flexibility index (Phi) is 5.40. The first-order valence-electron chi connectivity index (χ1n) is 7.89. The first-order chi connectivity index (χ1) is 9.56. The molecule has 5 heteroatoms. The molecule has 1 aliphatic heterocycles. The highest BCUT2D eigenvalue weighted by Crippen LogP contribution is 2.25. The Morgan fingerprint density at radius 2 is 2.15 bits per heavy atom. The van der Waals surface area contributed by atoms with Crippen molar-refractivity contribution < 1.29 is 9.59 Å². The Morgan fingerprint density at radius 3 is 2.80 bits per heavy atom. The molecule has 0 aromatic carbocycles. The minimum atomic E-state index is 0.0179. The molecule has 1 heterocycles. The number of rotatable bonds is 5. The standard InChI is InChI=1S/C15H27N3O2/c1-11(10-18-8-4-7-15(18)20)17-14(19)9-12-5-2-3-6-13(12)16/h11-13H,2-10,16H2,1H3,(H,17,19). The van der Waals surface area contributed by atoms with E-state index < -0.39 is 0 Å². The average molecular weight is 281 g/mol. The molecular formula is C15H27N3O2. The van der Waals surface area contributed by atoms with Gasteiger partial charge in [0.25, 0.3) is 0 Å². The topological polar surface area (TPSA) is 75.4 Å². The Labute approximate surface area is 121 Å². The Morgan fingerprint density at radius 1 is 1.40 bits per heavy atom. The lowest BCUT2D eigenvalue weighted by Gasteiger charge is -2.29. The van der Waals surface area contributed by atoms with Gasteiger partial charge in [0.2, 0.25) is 11.8 Å². The van der Waals surface area contributed by atoms with E-state index in [1.165, 1.54) is 12.8 Å². The van der Waals surface area contributed by atoms with E-state index in [0.29, 0.717) is 25.3 Å². The van der Waals surface area contributed by atoms with E-state index in [2.05, 4.69) is 5.32 Å². The highest BCUT2D eigenvalue weighted by molar-refractivity contribution is 5.78. The van der Waals surface area contributed by atoms with Gasteiger partial charge in [0.15, 0.2) is 0 Å². The lowest BCUT2D eigenvalue weighted by atomic mass is 9.83. The third kappa shape index (κ3) is 4.20. The van der Waals surface area contributed by atoms with E-state index in [-0.39, 0.29) is 23.9 Å². The highest BCUT2D eigenvalue weighted by atomic mass is 16.2. The molecule has 0 radical (unpaired) electrons. The molecule has 0 spiro atoms. The number of amides is 2. The monoisotopic (exact) mass is 281 g/mol. The zero-order valence-corrected chi connectivity index (χ0v) is 12.4. The van der Waals surface area contributed by atoms with Crippen molar-refractivity contribution in [2.45, 2.75) is 64.0 Å². The fourth-order valence-corrected chi connectivity index (χ4v) is 3.33. The van der Waals surface area contributed by atoms with Gasteiger partial charge in [0.1, 0.15) is 0 Å². The van der Waals surface area contributed by atoms with E-state index >= 15 is 0 Å². The van der Waals surface area contributed by atoms with Crippen molar-refractivity contribution in [3.63, 3.8) is 0 Å². The van der Waals surface area contributed by atoms with Crippen molar-refractivity contribution in [2.75, 3.05) is 13.1 Å². The van der Waals surface area contributed by atoms with Gasteiger partial charge >= 0.3 is 0 Å². The number of hydrogen-bond donors (Lipinski definition) is 2. The molecule has 0 aromatic rings. The molecule has 0 aromatic heterocycles. The molecule has 0 bridgehead atoms. The minimum Gasteiger partial charge on any atom is -0.352 e. The van der Waals surface area contributed by atoms with Crippen LogP contribution in [0.25, 0.3) is 0 Å². The van der Waals surface area contributed by atoms with Crippen LogP contribution in [0.1, 0.15) is 51.9 Å². The van der Waals surface area contributed by atoms with Crippen LogP contribution in [-0.2, 0) is 9.59 Å². The predicted molar refractivity (Wildman–Crippen MR) is 78.0 cm³/mol. The second kappa shape index (κ2) is 7.07. The van der Waals surface area contributed by atoms with Crippen LogP contribution in [-0.4, -0.2) is 41.9 Å². The third-order valence-electron chi connectivity index (χ3n) is 4.49. The smallest absolute Gasteiger partial charge is 0.222 e. The van der Waals surface area contributed by atoms with Crippen molar-refractivity contribution in [2.24, 2.45) is 11.7 Å². The summed E-state index contributed by atoms with van der Waals surface area (Å²) in [5.74, 6) is 0.608. The summed E-state index contributed by atoms with van der Waals surface area (Å²) in [5, 5.41) is 3.01. The summed E-state index contributed by atoms with van der Waals surface area (Å²) in [6.45, 7) is 3.41. The molecule has 5 nitrogen and oxygen atoms in total. The van der Waals surface area contributed by atoms with Gasteiger partial charge in [-0.2, -0.15) is 0 Å². The SMILES string of the molecule is CC(CN1CCCC1=O)NC(=O)CC1CCCCC1N. The first kappa shape index (κ1) is 15.3. The van der Waals surface area contributed by atoms with Crippen LogP contribution in [0.4, 0.5) is 0 Å². The number of hydrogen-bond acceptors (Lipinski definition) is 3. The highest BCUT2D eigenvalue weighted by Gasteiger charge is 2.26. The second-order valence-corrected chi connectivity index (χ2v) is 6.32. The number of carbonyl (C=O) groups is 2. The Bertz CT molecular complexity index is 359. The minimum absolute atomic E-state index is 0.0179. The van der Waals surface area contributed by atoms with E-state index in [0.717, 1.165) is 25.8 Å². The molecular weight excluding hydrogens is 254 g/mol. The normalized spacial score (nSPS) is 28.5. The van der Waals surface area contributed by atoms with Gasteiger partial charge in [0, 0.05) is 38.0 Å². The molecule has 2 fully saturated rings. The van der Waals surface area contributed by atoms with E-state index in [9.17, 15) is 9.59 Å². The van der Waals surface area contributed by atoms with Crippen molar-refractivity contribution >= 4 is 11.8 Å². The zero-order valence-electron chi connectivity index (χ0n) is 12.4. The number of nitrogens with two attached hydrogens (primary N) is 1. The molecule has 2 amide bonds. The summed E-state index contributed by atoms with van der Waals surface area (Å²) < 4.78 is 0. The van der Waals surface area contributed by atoms with Crippen LogP contribution in [0.2, 0.25) is 0 Å². The average Bonchev–Trinajstić information content (AvgIpc) is 2.77. The molecule has 20 heavy (non-hydrogen) atoms. The molecule has 2 aliphatic rings.